The number of likely N-dealkylation sites (N-methyl/N-ethyl adjacent to an activating group) is 1. The van der Waals surface area contributed by atoms with Gasteiger partial charge in [0.1, 0.15) is 5.76 Å². The molecule has 1 aromatic rings. The van der Waals surface area contributed by atoms with Gasteiger partial charge in [-0.2, -0.15) is 0 Å². The predicted octanol–water partition coefficient (Wildman–Crippen LogP) is 1.49. The van der Waals surface area contributed by atoms with E-state index in [0.717, 1.165) is 11.3 Å². The molecule has 0 radical (unpaired) electrons. The monoisotopic (exact) mass is 197 g/mol. The standard InChI is InChI=1S/C10H15NO3/c1-3-11(7-10(12)13)6-9-8(2)4-5-14-9/h4-5H,3,6-7H2,1-2H3,(H,12,13). The normalized spacial score (nSPS) is 10.8. The maximum Gasteiger partial charge on any atom is 0.317 e. The summed E-state index contributed by atoms with van der Waals surface area (Å²) in [5, 5.41) is 8.64. The van der Waals surface area contributed by atoms with Gasteiger partial charge >= 0.3 is 5.97 Å². The van der Waals surface area contributed by atoms with E-state index in [9.17, 15) is 4.79 Å². The van der Waals surface area contributed by atoms with Crippen LogP contribution >= 0.6 is 0 Å². The Morgan fingerprint density at radius 1 is 1.64 bits per heavy atom. The largest absolute Gasteiger partial charge is 0.480 e. The zero-order valence-corrected chi connectivity index (χ0v) is 8.49. The number of nitrogens with zero attached hydrogens (tertiary/aromatic N) is 1. The number of hydrogen-bond acceptors (Lipinski definition) is 3. The van der Waals surface area contributed by atoms with E-state index in [2.05, 4.69) is 0 Å². The molecule has 4 heteroatoms. The average molecular weight is 197 g/mol. The maximum atomic E-state index is 10.5. The Labute approximate surface area is 83.1 Å². The molecule has 0 aromatic carbocycles. The van der Waals surface area contributed by atoms with Gasteiger partial charge in [0.15, 0.2) is 0 Å². The van der Waals surface area contributed by atoms with Gasteiger partial charge in [0, 0.05) is 0 Å². The Morgan fingerprint density at radius 3 is 2.79 bits per heavy atom. The first-order valence-electron chi connectivity index (χ1n) is 4.60. The van der Waals surface area contributed by atoms with Crippen molar-refractivity contribution in [1.82, 2.24) is 4.90 Å². The van der Waals surface area contributed by atoms with E-state index in [1.165, 1.54) is 0 Å². The highest BCUT2D eigenvalue weighted by atomic mass is 16.4. The van der Waals surface area contributed by atoms with Gasteiger partial charge < -0.3 is 9.52 Å². The molecule has 1 rings (SSSR count). The second-order valence-corrected chi connectivity index (χ2v) is 3.22. The van der Waals surface area contributed by atoms with E-state index in [1.54, 1.807) is 6.26 Å². The van der Waals surface area contributed by atoms with Crippen molar-refractivity contribution in [3.8, 4) is 0 Å². The summed E-state index contributed by atoms with van der Waals surface area (Å²) in [7, 11) is 0. The highest BCUT2D eigenvalue weighted by molar-refractivity contribution is 5.69. The van der Waals surface area contributed by atoms with Crippen LogP contribution in [-0.4, -0.2) is 29.1 Å². The van der Waals surface area contributed by atoms with Crippen LogP contribution in [0.25, 0.3) is 0 Å². The highest BCUT2D eigenvalue weighted by Gasteiger charge is 2.11. The molecule has 0 saturated heterocycles. The summed E-state index contributed by atoms with van der Waals surface area (Å²) in [5.74, 6) is 0.0316. The Hall–Kier alpha value is -1.29. The molecular weight excluding hydrogens is 182 g/mol. The lowest BCUT2D eigenvalue weighted by Gasteiger charge is -2.16. The summed E-state index contributed by atoms with van der Waals surface area (Å²) < 4.78 is 5.24. The van der Waals surface area contributed by atoms with Crippen LogP contribution < -0.4 is 0 Å². The smallest absolute Gasteiger partial charge is 0.317 e. The van der Waals surface area contributed by atoms with E-state index >= 15 is 0 Å². The molecular formula is C10H15NO3. The van der Waals surface area contributed by atoms with Crippen LogP contribution in [0.4, 0.5) is 0 Å². The Balaban J connectivity index is 2.57. The first-order chi connectivity index (χ1) is 6.63. The minimum Gasteiger partial charge on any atom is -0.480 e. The molecule has 0 aliphatic rings. The number of rotatable bonds is 5. The number of hydrogen-bond donors (Lipinski definition) is 1. The van der Waals surface area contributed by atoms with Gasteiger partial charge in [-0.1, -0.05) is 6.92 Å². The van der Waals surface area contributed by atoms with Crippen molar-refractivity contribution in [2.75, 3.05) is 13.1 Å². The van der Waals surface area contributed by atoms with Crippen LogP contribution in [0.1, 0.15) is 18.2 Å². The fourth-order valence-electron chi connectivity index (χ4n) is 1.24. The summed E-state index contributed by atoms with van der Waals surface area (Å²) >= 11 is 0. The maximum absolute atomic E-state index is 10.5. The number of carboxylic acid groups (broad SMARTS) is 1. The van der Waals surface area contributed by atoms with Crippen molar-refractivity contribution in [2.45, 2.75) is 20.4 Å². The second kappa shape index (κ2) is 4.81. The molecule has 0 unspecified atom stereocenters. The number of aryl methyl sites for hydroxylation is 1. The SMILES string of the molecule is CCN(CC(=O)O)Cc1occc1C. The Morgan fingerprint density at radius 2 is 2.36 bits per heavy atom. The molecule has 0 aliphatic carbocycles. The number of carboxylic acids is 1. The minimum atomic E-state index is -0.809. The van der Waals surface area contributed by atoms with Gasteiger partial charge in [-0.25, -0.2) is 0 Å². The van der Waals surface area contributed by atoms with Gasteiger partial charge in [0.2, 0.25) is 0 Å². The van der Waals surface area contributed by atoms with E-state index in [1.807, 2.05) is 24.8 Å². The fourth-order valence-corrected chi connectivity index (χ4v) is 1.24. The number of furan rings is 1. The quantitative estimate of drug-likeness (QED) is 0.777. The molecule has 4 nitrogen and oxygen atoms in total. The van der Waals surface area contributed by atoms with Crippen LogP contribution in [0.15, 0.2) is 16.7 Å². The van der Waals surface area contributed by atoms with Crippen LogP contribution in [0.5, 0.6) is 0 Å². The first-order valence-corrected chi connectivity index (χ1v) is 4.60. The third-order valence-electron chi connectivity index (χ3n) is 2.14. The molecule has 0 spiro atoms. The molecule has 0 atom stereocenters. The third-order valence-corrected chi connectivity index (χ3v) is 2.14. The molecule has 1 aromatic heterocycles. The summed E-state index contributed by atoms with van der Waals surface area (Å²) in [6.45, 7) is 5.19. The van der Waals surface area contributed by atoms with E-state index < -0.39 is 5.97 Å². The van der Waals surface area contributed by atoms with Crippen molar-refractivity contribution < 1.29 is 14.3 Å². The van der Waals surface area contributed by atoms with Crippen molar-refractivity contribution >= 4 is 5.97 Å². The van der Waals surface area contributed by atoms with Crippen molar-refractivity contribution in [3.05, 3.63) is 23.7 Å². The number of aliphatic carboxylic acids is 1. The van der Waals surface area contributed by atoms with Gasteiger partial charge in [-0.15, -0.1) is 0 Å². The van der Waals surface area contributed by atoms with Crippen LogP contribution in [0, 0.1) is 6.92 Å². The van der Waals surface area contributed by atoms with Crippen molar-refractivity contribution in [1.29, 1.82) is 0 Å². The molecule has 78 valence electrons. The average Bonchev–Trinajstić information content (AvgIpc) is 2.50. The minimum absolute atomic E-state index is 0.0522. The topological polar surface area (TPSA) is 53.7 Å². The van der Waals surface area contributed by atoms with Crippen LogP contribution in [-0.2, 0) is 11.3 Å². The molecule has 14 heavy (non-hydrogen) atoms. The van der Waals surface area contributed by atoms with E-state index in [0.29, 0.717) is 13.1 Å². The lowest BCUT2D eigenvalue weighted by molar-refractivity contribution is -0.138. The number of carbonyl (C=O) groups is 1. The van der Waals surface area contributed by atoms with E-state index in [-0.39, 0.29) is 6.54 Å². The molecule has 0 fully saturated rings. The summed E-state index contributed by atoms with van der Waals surface area (Å²) in [6, 6.07) is 1.88. The van der Waals surface area contributed by atoms with Gasteiger partial charge in [0.05, 0.1) is 19.4 Å². The summed E-state index contributed by atoms with van der Waals surface area (Å²) in [6.07, 6.45) is 1.62. The highest BCUT2D eigenvalue weighted by Crippen LogP contribution is 2.11. The first kappa shape index (κ1) is 10.8. The molecule has 1 N–H and O–H groups in total. The fraction of sp³-hybridized carbons (Fsp3) is 0.500. The van der Waals surface area contributed by atoms with Crippen LogP contribution in [0.2, 0.25) is 0 Å². The Kier molecular flexibility index (Phi) is 3.71. The Bertz CT molecular complexity index is 306. The zero-order chi connectivity index (χ0) is 10.6. The molecule has 0 bridgehead atoms. The molecule has 0 saturated carbocycles. The van der Waals surface area contributed by atoms with Gasteiger partial charge in [-0.3, -0.25) is 9.69 Å². The second-order valence-electron chi connectivity index (χ2n) is 3.22. The van der Waals surface area contributed by atoms with Gasteiger partial charge in [-0.05, 0) is 25.1 Å². The summed E-state index contributed by atoms with van der Waals surface area (Å²) in [5.41, 5.74) is 1.06. The van der Waals surface area contributed by atoms with Gasteiger partial charge in [0.25, 0.3) is 0 Å². The van der Waals surface area contributed by atoms with Crippen molar-refractivity contribution in [3.63, 3.8) is 0 Å². The summed E-state index contributed by atoms with van der Waals surface area (Å²) in [4.78, 5) is 12.3. The molecule has 0 amide bonds. The van der Waals surface area contributed by atoms with Crippen molar-refractivity contribution in [2.24, 2.45) is 0 Å². The molecule has 1 heterocycles. The zero-order valence-electron chi connectivity index (χ0n) is 8.49. The predicted molar refractivity (Wildman–Crippen MR) is 52.0 cm³/mol. The van der Waals surface area contributed by atoms with E-state index in [4.69, 9.17) is 9.52 Å². The lowest BCUT2D eigenvalue weighted by Crippen LogP contribution is -2.29. The van der Waals surface area contributed by atoms with Crippen LogP contribution in [0.3, 0.4) is 0 Å². The molecule has 0 aliphatic heterocycles. The lowest BCUT2D eigenvalue weighted by atomic mass is 10.2. The third kappa shape index (κ3) is 2.88.